The quantitative estimate of drug-likeness (QED) is 0.835. The first-order chi connectivity index (χ1) is 10.0. The highest BCUT2D eigenvalue weighted by molar-refractivity contribution is 9.10. The summed E-state index contributed by atoms with van der Waals surface area (Å²) in [5, 5.41) is 7.92. The fraction of sp³-hybridized carbons (Fsp3) is 0.471. The van der Waals surface area contributed by atoms with Crippen molar-refractivity contribution >= 4 is 15.9 Å². The van der Waals surface area contributed by atoms with Gasteiger partial charge in [0.25, 0.3) is 0 Å². The first-order valence-corrected chi connectivity index (χ1v) is 8.28. The molecule has 1 atom stereocenters. The van der Waals surface area contributed by atoms with Gasteiger partial charge in [-0.1, -0.05) is 29.8 Å². The van der Waals surface area contributed by atoms with Crippen molar-refractivity contribution in [2.75, 3.05) is 7.05 Å². The third-order valence-electron chi connectivity index (χ3n) is 3.76. The summed E-state index contributed by atoms with van der Waals surface area (Å²) in [5.74, 6) is 0. The molecule has 1 N–H and O–H groups in total. The Labute approximate surface area is 135 Å². The van der Waals surface area contributed by atoms with Crippen LogP contribution in [-0.4, -0.2) is 16.8 Å². The van der Waals surface area contributed by atoms with Gasteiger partial charge in [-0.05, 0) is 62.2 Å². The molecule has 4 heteroatoms. The summed E-state index contributed by atoms with van der Waals surface area (Å²) in [6.45, 7) is 6.47. The van der Waals surface area contributed by atoms with Crippen LogP contribution < -0.4 is 5.32 Å². The smallest absolute Gasteiger partial charge is 0.0698 e. The molecule has 0 saturated heterocycles. The maximum absolute atomic E-state index is 4.48. The molecule has 0 fully saturated rings. The standard InChI is InChI=1S/C17H24BrN3/c1-12(2)21-17(15(18)11-20-21)16(19-4)9-8-14-7-5-6-13(3)10-14/h5-7,10-12,16,19H,8-9H2,1-4H3. The number of rotatable bonds is 6. The highest BCUT2D eigenvalue weighted by Crippen LogP contribution is 2.28. The average molecular weight is 350 g/mol. The second kappa shape index (κ2) is 7.23. The summed E-state index contributed by atoms with van der Waals surface area (Å²) < 4.78 is 3.18. The van der Waals surface area contributed by atoms with Crippen LogP contribution in [0.2, 0.25) is 0 Å². The average Bonchev–Trinajstić information content (AvgIpc) is 2.82. The third kappa shape index (κ3) is 3.95. The molecule has 0 bridgehead atoms. The van der Waals surface area contributed by atoms with Gasteiger partial charge in [-0.25, -0.2) is 0 Å². The Balaban J connectivity index is 2.15. The second-order valence-corrected chi connectivity index (χ2v) is 6.64. The molecule has 1 heterocycles. The molecule has 0 aliphatic heterocycles. The minimum atomic E-state index is 0.296. The van der Waals surface area contributed by atoms with Crippen molar-refractivity contribution in [1.82, 2.24) is 15.1 Å². The van der Waals surface area contributed by atoms with E-state index in [-0.39, 0.29) is 0 Å². The summed E-state index contributed by atoms with van der Waals surface area (Å²) >= 11 is 3.64. The Hall–Kier alpha value is -1.13. The fourth-order valence-electron chi connectivity index (χ4n) is 2.68. The van der Waals surface area contributed by atoms with E-state index < -0.39 is 0 Å². The van der Waals surface area contributed by atoms with Crippen LogP contribution in [0.4, 0.5) is 0 Å². The number of nitrogens with one attached hydrogen (secondary N) is 1. The lowest BCUT2D eigenvalue weighted by Gasteiger charge is -2.20. The van der Waals surface area contributed by atoms with Crippen LogP contribution in [-0.2, 0) is 6.42 Å². The van der Waals surface area contributed by atoms with Crippen LogP contribution in [0.1, 0.15) is 49.2 Å². The van der Waals surface area contributed by atoms with Gasteiger partial charge in [0.15, 0.2) is 0 Å². The second-order valence-electron chi connectivity index (χ2n) is 5.79. The van der Waals surface area contributed by atoms with E-state index in [1.807, 2.05) is 13.2 Å². The zero-order valence-electron chi connectivity index (χ0n) is 13.2. The van der Waals surface area contributed by atoms with Crippen molar-refractivity contribution < 1.29 is 0 Å². The van der Waals surface area contributed by atoms with Crippen molar-refractivity contribution in [3.8, 4) is 0 Å². The summed E-state index contributed by atoms with van der Waals surface area (Å²) in [6.07, 6.45) is 4.01. The predicted octanol–water partition coefficient (Wildman–Crippen LogP) is 4.43. The van der Waals surface area contributed by atoms with Gasteiger partial charge in [-0.15, -0.1) is 0 Å². The van der Waals surface area contributed by atoms with Crippen LogP contribution >= 0.6 is 15.9 Å². The topological polar surface area (TPSA) is 29.9 Å². The summed E-state index contributed by atoms with van der Waals surface area (Å²) in [7, 11) is 2.02. The third-order valence-corrected chi connectivity index (χ3v) is 4.37. The van der Waals surface area contributed by atoms with E-state index in [0.29, 0.717) is 12.1 Å². The fourth-order valence-corrected chi connectivity index (χ4v) is 3.23. The Morgan fingerprint density at radius 1 is 1.33 bits per heavy atom. The predicted molar refractivity (Wildman–Crippen MR) is 91.6 cm³/mol. The van der Waals surface area contributed by atoms with Gasteiger partial charge < -0.3 is 5.32 Å². The lowest BCUT2D eigenvalue weighted by Crippen LogP contribution is -2.22. The van der Waals surface area contributed by atoms with Gasteiger partial charge >= 0.3 is 0 Å². The van der Waals surface area contributed by atoms with Crippen LogP contribution in [0.25, 0.3) is 0 Å². The number of hydrogen-bond acceptors (Lipinski definition) is 2. The number of hydrogen-bond donors (Lipinski definition) is 1. The van der Waals surface area contributed by atoms with E-state index in [2.05, 4.69) is 76.1 Å². The van der Waals surface area contributed by atoms with Gasteiger partial charge in [0, 0.05) is 6.04 Å². The minimum absolute atomic E-state index is 0.296. The molecular weight excluding hydrogens is 326 g/mol. The maximum atomic E-state index is 4.48. The van der Waals surface area contributed by atoms with E-state index in [9.17, 15) is 0 Å². The largest absolute Gasteiger partial charge is 0.312 e. The molecule has 0 aliphatic carbocycles. The number of benzene rings is 1. The van der Waals surface area contributed by atoms with Crippen LogP contribution in [0, 0.1) is 6.92 Å². The Morgan fingerprint density at radius 3 is 2.71 bits per heavy atom. The van der Waals surface area contributed by atoms with Gasteiger partial charge in [-0.2, -0.15) is 5.10 Å². The summed E-state index contributed by atoms with van der Waals surface area (Å²) in [5.41, 5.74) is 3.95. The zero-order valence-corrected chi connectivity index (χ0v) is 14.8. The molecule has 1 unspecified atom stereocenters. The Bertz CT molecular complexity index is 589. The molecule has 1 aromatic carbocycles. The van der Waals surface area contributed by atoms with Crippen molar-refractivity contribution in [3.63, 3.8) is 0 Å². The molecule has 0 aliphatic rings. The summed E-state index contributed by atoms with van der Waals surface area (Å²) in [4.78, 5) is 0. The van der Waals surface area contributed by atoms with Crippen LogP contribution in [0.5, 0.6) is 0 Å². The van der Waals surface area contributed by atoms with E-state index in [1.54, 1.807) is 0 Å². The van der Waals surface area contributed by atoms with Gasteiger partial charge in [0.1, 0.15) is 0 Å². The number of halogens is 1. The number of aromatic nitrogens is 2. The molecule has 2 aromatic rings. The normalized spacial score (nSPS) is 12.9. The number of nitrogens with zero attached hydrogens (tertiary/aromatic N) is 2. The molecule has 0 radical (unpaired) electrons. The van der Waals surface area contributed by atoms with E-state index in [0.717, 1.165) is 17.3 Å². The maximum Gasteiger partial charge on any atom is 0.0698 e. The lowest BCUT2D eigenvalue weighted by atomic mass is 10.0. The van der Waals surface area contributed by atoms with E-state index in [1.165, 1.54) is 16.8 Å². The Morgan fingerprint density at radius 2 is 2.10 bits per heavy atom. The van der Waals surface area contributed by atoms with Crippen molar-refractivity contribution in [2.45, 2.75) is 45.7 Å². The van der Waals surface area contributed by atoms with Crippen molar-refractivity contribution in [3.05, 3.63) is 51.8 Å². The first kappa shape index (κ1) is 16.2. The number of aryl methyl sites for hydroxylation is 2. The molecule has 0 amide bonds. The van der Waals surface area contributed by atoms with E-state index >= 15 is 0 Å². The molecule has 21 heavy (non-hydrogen) atoms. The Kier molecular flexibility index (Phi) is 5.59. The molecule has 114 valence electrons. The highest BCUT2D eigenvalue weighted by Gasteiger charge is 2.20. The lowest BCUT2D eigenvalue weighted by molar-refractivity contribution is 0.445. The van der Waals surface area contributed by atoms with Crippen molar-refractivity contribution in [1.29, 1.82) is 0 Å². The SMILES string of the molecule is CNC(CCc1cccc(C)c1)c1c(Br)cnn1C(C)C. The molecule has 0 saturated carbocycles. The highest BCUT2D eigenvalue weighted by atomic mass is 79.9. The van der Waals surface area contributed by atoms with E-state index in [4.69, 9.17) is 0 Å². The van der Waals surface area contributed by atoms with Crippen LogP contribution in [0.15, 0.2) is 34.9 Å². The molecule has 0 spiro atoms. The first-order valence-electron chi connectivity index (χ1n) is 7.48. The summed E-state index contributed by atoms with van der Waals surface area (Å²) in [6, 6.07) is 9.40. The minimum Gasteiger partial charge on any atom is -0.312 e. The molecule has 2 rings (SSSR count). The molecular formula is C17H24BrN3. The molecule has 3 nitrogen and oxygen atoms in total. The van der Waals surface area contributed by atoms with Crippen molar-refractivity contribution in [2.24, 2.45) is 0 Å². The van der Waals surface area contributed by atoms with Crippen LogP contribution in [0.3, 0.4) is 0 Å². The monoisotopic (exact) mass is 349 g/mol. The van der Waals surface area contributed by atoms with Gasteiger partial charge in [-0.3, -0.25) is 4.68 Å². The molecule has 1 aromatic heterocycles. The zero-order chi connectivity index (χ0) is 15.4. The van der Waals surface area contributed by atoms with Gasteiger partial charge in [0.05, 0.1) is 22.4 Å². The van der Waals surface area contributed by atoms with Gasteiger partial charge in [0.2, 0.25) is 0 Å².